The van der Waals surface area contributed by atoms with Gasteiger partial charge in [-0.1, -0.05) is 30.3 Å². The number of rotatable bonds is 7. The van der Waals surface area contributed by atoms with E-state index in [0.717, 1.165) is 4.31 Å². The quantitative estimate of drug-likeness (QED) is 0.677. The molecule has 28 heavy (non-hydrogen) atoms. The molecule has 0 aliphatic heterocycles. The summed E-state index contributed by atoms with van der Waals surface area (Å²) in [6.45, 7) is 1.34. The third-order valence-electron chi connectivity index (χ3n) is 4.41. The number of sulfone groups is 1. The van der Waals surface area contributed by atoms with Crippen molar-refractivity contribution >= 4 is 31.5 Å². The number of hydrogen-bond acceptors (Lipinski definition) is 5. The summed E-state index contributed by atoms with van der Waals surface area (Å²) in [7, 11) is -3.20. The zero-order valence-corrected chi connectivity index (χ0v) is 17.9. The number of carbonyl (C=O) groups is 1. The molecule has 0 bridgehead atoms. The molecule has 0 saturated heterocycles. The molecule has 0 spiro atoms. The van der Waals surface area contributed by atoms with Crippen molar-refractivity contribution in [3.63, 3.8) is 0 Å². The van der Waals surface area contributed by atoms with Crippen LogP contribution in [0.1, 0.15) is 12.5 Å². The van der Waals surface area contributed by atoms with Crippen molar-refractivity contribution in [3.05, 3.63) is 60.2 Å². The molecule has 152 valence electrons. The van der Waals surface area contributed by atoms with E-state index in [1.165, 1.54) is 57.2 Å². The summed E-state index contributed by atoms with van der Waals surface area (Å²) in [6.07, 6.45) is 0. The summed E-state index contributed by atoms with van der Waals surface area (Å²) in [6, 6.07) is 14.5. The van der Waals surface area contributed by atoms with Gasteiger partial charge in [0.25, 0.3) is 0 Å². The Bertz CT molecular complexity index is 1050. The Morgan fingerprint density at radius 3 is 2.11 bits per heavy atom. The summed E-state index contributed by atoms with van der Waals surface area (Å²) in [5.74, 6) is -0.984. The van der Waals surface area contributed by atoms with Crippen LogP contribution in [0.4, 0.5) is 5.69 Å². The Morgan fingerprint density at radius 1 is 0.929 bits per heavy atom. The first-order valence-electron chi connectivity index (χ1n) is 8.52. The van der Waals surface area contributed by atoms with Gasteiger partial charge in [-0.2, -0.15) is 0 Å². The van der Waals surface area contributed by atoms with Crippen LogP contribution < -0.4 is 4.90 Å². The predicted octanol–water partition coefficient (Wildman–Crippen LogP) is 1.90. The normalized spacial score (nSPS) is 13.3. The molecular weight excluding hydrogens is 400 g/mol. The van der Waals surface area contributed by atoms with Crippen molar-refractivity contribution in [3.8, 4) is 0 Å². The second kappa shape index (κ2) is 8.42. The number of para-hydroxylation sites is 1. The smallest absolute Gasteiger partial charge is 0.244 e. The van der Waals surface area contributed by atoms with Crippen LogP contribution in [0.2, 0.25) is 0 Å². The molecule has 0 aliphatic carbocycles. The molecule has 0 fully saturated rings. The highest BCUT2D eigenvalue weighted by Crippen LogP contribution is 2.20. The molecule has 2 rings (SSSR count). The third-order valence-corrected chi connectivity index (χ3v) is 8.23. The second-order valence-electron chi connectivity index (χ2n) is 6.62. The van der Waals surface area contributed by atoms with Gasteiger partial charge >= 0.3 is 0 Å². The highest BCUT2D eigenvalue weighted by Gasteiger charge is 2.31. The lowest BCUT2D eigenvalue weighted by molar-refractivity contribution is -0.117. The van der Waals surface area contributed by atoms with E-state index in [2.05, 4.69) is 0 Å². The maximum absolute atomic E-state index is 12.8. The van der Waals surface area contributed by atoms with Crippen LogP contribution in [-0.4, -0.2) is 53.4 Å². The Hall–Kier alpha value is -2.23. The average molecular weight is 425 g/mol. The SMILES string of the molecule is C[C@H](C(=O)N(C)c1ccccc1)S(=O)(=O)Cc1cccc(S(=O)(=O)N(C)C)c1. The standard InChI is InChI=1S/C19H24N2O5S2/c1-15(19(22)21(4)17-10-6-5-7-11-17)27(23,24)14-16-9-8-12-18(13-16)28(25,26)20(2)3/h5-13,15H,14H2,1-4H3/t15-/m1/s1. The molecule has 1 amide bonds. The van der Waals surface area contributed by atoms with Crippen LogP contribution in [0.15, 0.2) is 59.5 Å². The van der Waals surface area contributed by atoms with E-state index >= 15 is 0 Å². The fourth-order valence-corrected chi connectivity index (χ4v) is 4.90. The first kappa shape index (κ1) is 22.1. The lowest BCUT2D eigenvalue weighted by Gasteiger charge is -2.21. The predicted molar refractivity (Wildman–Crippen MR) is 109 cm³/mol. The minimum Gasteiger partial charge on any atom is -0.314 e. The minimum absolute atomic E-state index is 0.00517. The fraction of sp³-hybridized carbons (Fsp3) is 0.316. The second-order valence-corrected chi connectivity index (χ2v) is 11.1. The summed E-state index contributed by atoms with van der Waals surface area (Å²) in [5.41, 5.74) is 0.901. The van der Waals surface area contributed by atoms with E-state index in [0.29, 0.717) is 11.3 Å². The molecule has 0 aromatic heterocycles. The molecule has 2 aromatic carbocycles. The van der Waals surface area contributed by atoms with Gasteiger partial charge in [0, 0.05) is 26.8 Å². The van der Waals surface area contributed by atoms with E-state index in [1.54, 1.807) is 30.3 Å². The van der Waals surface area contributed by atoms with E-state index in [-0.39, 0.29) is 4.90 Å². The number of carbonyl (C=O) groups excluding carboxylic acids is 1. The lowest BCUT2D eigenvalue weighted by atomic mass is 10.2. The van der Waals surface area contributed by atoms with Gasteiger partial charge in [-0.15, -0.1) is 0 Å². The van der Waals surface area contributed by atoms with E-state index in [9.17, 15) is 21.6 Å². The number of amides is 1. The molecule has 0 unspecified atom stereocenters. The molecule has 2 aromatic rings. The van der Waals surface area contributed by atoms with Crippen molar-refractivity contribution in [1.82, 2.24) is 4.31 Å². The maximum Gasteiger partial charge on any atom is 0.244 e. The van der Waals surface area contributed by atoms with Gasteiger partial charge in [0.15, 0.2) is 9.84 Å². The lowest BCUT2D eigenvalue weighted by Crippen LogP contribution is -2.39. The number of benzene rings is 2. The number of nitrogens with zero attached hydrogens (tertiary/aromatic N) is 2. The van der Waals surface area contributed by atoms with Gasteiger partial charge < -0.3 is 4.90 Å². The number of hydrogen-bond donors (Lipinski definition) is 0. The van der Waals surface area contributed by atoms with Crippen molar-refractivity contribution in [1.29, 1.82) is 0 Å². The number of anilines is 1. The Balaban J connectivity index is 2.25. The van der Waals surface area contributed by atoms with Gasteiger partial charge in [-0.3, -0.25) is 4.79 Å². The van der Waals surface area contributed by atoms with E-state index in [1.807, 2.05) is 0 Å². The molecular formula is C19H24N2O5S2. The average Bonchev–Trinajstić information content (AvgIpc) is 2.66. The largest absolute Gasteiger partial charge is 0.314 e. The van der Waals surface area contributed by atoms with Crippen molar-refractivity contribution < 1.29 is 21.6 Å². The highest BCUT2D eigenvalue weighted by molar-refractivity contribution is 7.92. The Kier molecular flexibility index (Phi) is 6.63. The first-order valence-corrected chi connectivity index (χ1v) is 11.7. The highest BCUT2D eigenvalue weighted by atomic mass is 32.2. The molecule has 0 saturated carbocycles. The summed E-state index contributed by atoms with van der Waals surface area (Å²) in [4.78, 5) is 13.9. The molecule has 7 nitrogen and oxygen atoms in total. The molecule has 9 heteroatoms. The van der Waals surface area contributed by atoms with Crippen LogP contribution in [-0.2, 0) is 30.4 Å². The molecule has 0 aliphatic rings. The van der Waals surface area contributed by atoms with Crippen LogP contribution in [0, 0.1) is 0 Å². The zero-order valence-electron chi connectivity index (χ0n) is 16.2. The van der Waals surface area contributed by atoms with Gasteiger partial charge in [-0.25, -0.2) is 21.1 Å². The van der Waals surface area contributed by atoms with Crippen molar-refractivity contribution in [2.45, 2.75) is 22.8 Å². The first-order chi connectivity index (χ1) is 13.0. The van der Waals surface area contributed by atoms with Crippen LogP contribution in [0.25, 0.3) is 0 Å². The van der Waals surface area contributed by atoms with Crippen molar-refractivity contribution in [2.24, 2.45) is 0 Å². The molecule has 1 atom stereocenters. The van der Waals surface area contributed by atoms with Gasteiger partial charge in [0.05, 0.1) is 10.6 Å². The monoisotopic (exact) mass is 424 g/mol. The van der Waals surface area contributed by atoms with Gasteiger partial charge in [0.2, 0.25) is 15.9 Å². The molecule has 0 radical (unpaired) electrons. The zero-order chi connectivity index (χ0) is 21.1. The van der Waals surface area contributed by atoms with Crippen LogP contribution in [0.3, 0.4) is 0 Å². The third kappa shape index (κ3) is 4.78. The summed E-state index contributed by atoms with van der Waals surface area (Å²) >= 11 is 0. The van der Waals surface area contributed by atoms with Crippen molar-refractivity contribution in [2.75, 3.05) is 26.0 Å². The molecule has 0 heterocycles. The fourth-order valence-electron chi connectivity index (χ4n) is 2.57. The van der Waals surface area contributed by atoms with Crippen LogP contribution in [0.5, 0.6) is 0 Å². The van der Waals surface area contributed by atoms with Gasteiger partial charge in [-0.05, 0) is 36.8 Å². The van der Waals surface area contributed by atoms with Crippen LogP contribution >= 0.6 is 0 Å². The minimum atomic E-state index is -3.85. The van der Waals surface area contributed by atoms with Gasteiger partial charge in [0.1, 0.15) is 5.25 Å². The Morgan fingerprint density at radius 2 is 1.54 bits per heavy atom. The van der Waals surface area contributed by atoms with E-state index < -0.39 is 36.8 Å². The number of sulfonamides is 1. The Labute approximate surface area is 166 Å². The topological polar surface area (TPSA) is 91.8 Å². The summed E-state index contributed by atoms with van der Waals surface area (Å²) in [5, 5.41) is -1.27. The maximum atomic E-state index is 12.8. The molecule has 0 N–H and O–H groups in total. The summed E-state index contributed by atoms with van der Waals surface area (Å²) < 4.78 is 51.1. The van der Waals surface area contributed by atoms with E-state index in [4.69, 9.17) is 0 Å².